The molecule has 7 nitrogen and oxygen atoms in total. The van der Waals surface area contributed by atoms with E-state index in [0.29, 0.717) is 22.8 Å². The summed E-state index contributed by atoms with van der Waals surface area (Å²) in [5.74, 6) is -0.556. The molecule has 0 saturated carbocycles. The van der Waals surface area contributed by atoms with Crippen LogP contribution in [0, 0.1) is 25.5 Å². The quantitative estimate of drug-likeness (QED) is 0.398. The molecule has 0 saturated heterocycles. The maximum absolute atomic E-state index is 14.0. The minimum absolute atomic E-state index is 0.0659. The molecule has 1 unspecified atom stereocenters. The van der Waals surface area contributed by atoms with Crippen molar-refractivity contribution >= 4 is 11.4 Å². The summed E-state index contributed by atoms with van der Waals surface area (Å²) >= 11 is 0. The number of aryl methyl sites for hydroxylation is 2. The number of halogens is 2. The number of fused-ring (bicyclic) bond motifs is 1. The fraction of sp³-hybridized carbons (Fsp3) is 0.292. The number of rotatable bonds is 8. The van der Waals surface area contributed by atoms with Gasteiger partial charge in [0.15, 0.2) is 17.2 Å². The predicted octanol–water partition coefficient (Wildman–Crippen LogP) is 4.32. The smallest absolute Gasteiger partial charge is 0.203 e. The number of oxazole rings is 1. The second kappa shape index (κ2) is 8.74. The van der Waals surface area contributed by atoms with E-state index in [4.69, 9.17) is 9.15 Å². The molecule has 0 aliphatic rings. The van der Waals surface area contributed by atoms with Crippen LogP contribution < -0.4 is 4.74 Å². The average Bonchev–Trinajstić information content (AvgIpc) is 3.36. The molecule has 0 aliphatic heterocycles. The van der Waals surface area contributed by atoms with E-state index < -0.39 is 17.0 Å². The van der Waals surface area contributed by atoms with E-state index in [1.165, 1.54) is 12.3 Å². The van der Waals surface area contributed by atoms with Crippen molar-refractivity contribution in [3.63, 3.8) is 0 Å². The van der Waals surface area contributed by atoms with Crippen molar-refractivity contribution in [2.24, 2.45) is 0 Å². The third-order valence-corrected chi connectivity index (χ3v) is 5.52. The zero-order chi connectivity index (χ0) is 23.8. The van der Waals surface area contributed by atoms with Crippen molar-refractivity contribution in [2.45, 2.75) is 39.2 Å². The van der Waals surface area contributed by atoms with Gasteiger partial charge in [0, 0.05) is 12.6 Å². The number of nitrogens with zero attached hydrogens (tertiary/aromatic N) is 3. The van der Waals surface area contributed by atoms with Gasteiger partial charge in [0.05, 0.1) is 29.5 Å². The molecule has 0 aliphatic carbocycles. The van der Waals surface area contributed by atoms with Crippen molar-refractivity contribution in [3.8, 4) is 5.75 Å². The van der Waals surface area contributed by atoms with Crippen molar-refractivity contribution in [3.05, 3.63) is 83.0 Å². The van der Waals surface area contributed by atoms with Gasteiger partial charge < -0.3 is 14.3 Å². The summed E-state index contributed by atoms with van der Waals surface area (Å²) < 4.78 is 40.7. The fourth-order valence-electron chi connectivity index (χ4n) is 3.70. The molecule has 0 bridgehead atoms. The molecule has 3 heterocycles. The summed E-state index contributed by atoms with van der Waals surface area (Å²) in [6, 6.07) is 6.87. The molecular formula is C24H23F2N3O4. The Labute approximate surface area is 188 Å². The molecule has 0 fully saturated rings. The molecule has 0 radical (unpaired) electrons. The summed E-state index contributed by atoms with van der Waals surface area (Å²) in [5, 5.41) is 9.99. The molecule has 4 rings (SSSR count). The minimum Gasteiger partial charge on any atom is -0.485 e. The highest BCUT2D eigenvalue weighted by Gasteiger charge is 2.35. The first-order valence-electron chi connectivity index (χ1n) is 10.3. The van der Waals surface area contributed by atoms with Gasteiger partial charge in [-0.05, 0) is 45.0 Å². The number of carbonyl (C=O) groups excluding carboxylic acids is 1. The number of carbonyl (C=O) groups is 1. The standard InChI is InChI=1S/C24H23F2N3O4/c1-14-11-27-23(33-14)24(3,13-30)10-19(31)21-15(2)28-22-20(8-5-9-29(21)22)32-12-16-17(25)6-4-7-18(16)26/h4-9,11,30H,10,12-13H2,1-3H3. The summed E-state index contributed by atoms with van der Waals surface area (Å²) in [4.78, 5) is 21.9. The Balaban J connectivity index is 1.64. The molecule has 33 heavy (non-hydrogen) atoms. The zero-order valence-electron chi connectivity index (χ0n) is 18.4. The van der Waals surface area contributed by atoms with E-state index in [1.807, 2.05) is 0 Å². The number of pyridine rings is 1. The number of aliphatic hydroxyl groups is 1. The van der Waals surface area contributed by atoms with Crippen LogP contribution in [0.2, 0.25) is 0 Å². The number of benzene rings is 1. The van der Waals surface area contributed by atoms with Gasteiger partial charge in [-0.1, -0.05) is 6.07 Å². The number of imidazole rings is 1. The van der Waals surface area contributed by atoms with Crippen LogP contribution in [0.25, 0.3) is 5.65 Å². The number of Topliss-reactive ketones (excluding diaryl/α,β-unsaturated/α-hetero) is 1. The molecule has 3 aromatic heterocycles. The lowest BCUT2D eigenvalue weighted by Gasteiger charge is -2.22. The van der Waals surface area contributed by atoms with E-state index in [0.717, 1.165) is 12.1 Å². The number of ketones is 1. The van der Waals surface area contributed by atoms with Gasteiger partial charge in [-0.15, -0.1) is 0 Å². The van der Waals surface area contributed by atoms with E-state index in [2.05, 4.69) is 9.97 Å². The lowest BCUT2D eigenvalue weighted by Crippen LogP contribution is -2.31. The van der Waals surface area contributed by atoms with Gasteiger partial charge in [0.2, 0.25) is 5.89 Å². The summed E-state index contributed by atoms with van der Waals surface area (Å²) in [5.41, 5.74) is -0.0995. The van der Waals surface area contributed by atoms with Gasteiger partial charge in [0.1, 0.15) is 29.7 Å². The van der Waals surface area contributed by atoms with Gasteiger partial charge in [-0.3, -0.25) is 9.20 Å². The van der Waals surface area contributed by atoms with Crippen LogP contribution in [-0.4, -0.2) is 31.9 Å². The second-order valence-corrected chi connectivity index (χ2v) is 8.20. The normalized spacial score (nSPS) is 13.3. The maximum Gasteiger partial charge on any atom is 0.203 e. The van der Waals surface area contributed by atoms with Crippen LogP contribution in [0.15, 0.2) is 47.1 Å². The first-order chi connectivity index (χ1) is 15.7. The van der Waals surface area contributed by atoms with E-state index in [1.54, 1.807) is 43.5 Å². The lowest BCUT2D eigenvalue weighted by molar-refractivity contribution is 0.0888. The predicted molar refractivity (Wildman–Crippen MR) is 115 cm³/mol. The van der Waals surface area contributed by atoms with Crippen LogP contribution in [0.4, 0.5) is 8.78 Å². The van der Waals surface area contributed by atoms with E-state index >= 15 is 0 Å². The van der Waals surface area contributed by atoms with Crippen molar-refractivity contribution in [1.82, 2.24) is 14.4 Å². The van der Waals surface area contributed by atoms with Crippen LogP contribution in [-0.2, 0) is 12.0 Å². The molecule has 172 valence electrons. The highest BCUT2D eigenvalue weighted by molar-refractivity contribution is 5.97. The first-order valence-corrected chi connectivity index (χ1v) is 10.3. The van der Waals surface area contributed by atoms with Gasteiger partial charge in [0.25, 0.3) is 0 Å². The molecule has 9 heteroatoms. The van der Waals surface area contributed by atoms with E-state index in [-0.39, 0.29) is 42.6 Å². The van der Waals surface area contributed by atoms with Crippen LogP contribution in [0.1, 0.15) is 46.7 Å². The first kappa shape index (κ1) is 22.6. The Hall–Kier alpha value is -3.59. The largest absolute Gasteiger partial charge is 0.485 e. The third-order valence-electron chi connectivity index (χ3n) is 5.52. The van der Waals surface area contributed by atoms with E-state index in [9.17, 15) is 18.7 Å². The van der Waals surface area contributed by atoms with Crippen molar-refractivity contribution < 1.29 is 27.8 Å². The van der Waals surface area contributed by atoms with Crippen LogP contribution in [0.5, 0.6) is 5.75 Å². The monoisotopic (exact) mass is 455 g/mol. The lowest BCUT2D eigenvalue weighted by atomic mass is 9.84. The molecule has 0 spiro atoms. The molecule has 1 N–H and O–H groups in total. The average molecular weight is 455 g/mol. The summed E-state index contributed by atoms with van der Waals surface area (Å²) in [7, 11) is 0. The number of aromatic nitrogens is 3. The van der Waals surface area contributed by atoms with Gasteiger partial charge in [-0.2, -0.15) is 0 Å². The second-order valence-electron chi connectivity index (χ2n) is 8.20. The number of hydrogen-bond donors (Lipinski definition) is 1. The topological polar surface area (TPSA) is 89.9 Å². The summed E-state index contributed by atoms with van der Waals surface area (Å²) in [6.07, 6.45) is 3.13. The number of hydrogen-bond acceptors (Lipinski definition) is 6. The number of aliphatic hydroxyl groups excluding tert-OH is 1. The highest BCUT2D eigenvalue weighted by Crippen LogP contribution is 2.31. The summed E-state index contributed by atoms with van der Waals surface area (Å²) in [6.45, 7) is 4.45. The van der Waals surface area contributed by atoms with Crippen molar-refractivity contribution in [2.75, 3.05) is 6.61 Å². The number of ether oxygens (including phenoxy) is 1. The molecule has 0 amide bonds. The Kier molecular flexibility index (Phi) is 5.99. The van der Waals surface area contributed by atoms with Crippen molar-refractivity contribution in [1.29, 1.82) is 0 Å². The molecule has 1 aromatic carbocycles. The molecule has 1 atom stereocenters. The Morgan fingerprint density at radius 2 is 1.94 bits per heavy atom. The Bertz CT molecular complexity index is 1310. The third kappa shape index (κ3) is 4.23. The SMILES string of the molecule is Cc1cnc(C(C)(CO)CC(=O)c2c(C)nc3c(OCc4c(F)cccc4F)cccn23)o1. The Morgan fingerprint density at radius 1 is 1.21 bits per heavy atom. The van der Waals surface area contributed by atoms with Gasteiger partial charge >= 0.3 is 0 Å². The zero-order valence-corrected chi connectivity index (χ0v) is 18.4. The fourth-order valence-corrected chi connectivity index (χ4v) is 3.70. The van der Waals surface area contributed by atoms with Crippen LogP contribution in [0.3, 0.4) is 0 Å². The minimum atomic E-state index is -1.02. The molecular weight excluding hydrogens is 432 g/mol. The van der Waals surface area contributed by atoms with Gasteiger partial charge in [-0.25, -0.2) is 18.7 Å². The van der Waals surface area contributed by atoms with Crippen LogP contribution >= 0.6 is 0 Å². The molecule has 4 aromatic rings. The Morgan fingerprint density at radius 3 is 2.58 bits per heavy atom. The maximum atomic E-state index is 14.0. The highest BCUT2D eigenvalue weighted by atomic mass is 19.1.